The van der Waals surface area contributed by atoms with E-state index in [0.29, 0.717) is 29.3 Å². The Balaban J connectivity index is 1.30. The zero-order chi connectivity index (χ0) is 26.5. The number of primary amides is 1. The highest BCUT2D eigenvalue weighted by atomic mass is 19.2. The van der Waals surface area contributed by atoms with Gasteiger partial charge in [-0.15, -0.1) is 0 Å². The number of piperidine rings is 1. The van der Waals surface area contributed by atoms with Gasteiger partial charge in [-0.05, 0) is 74.1 Å². The summed E-state index contributed by atoms with van der Waals surface area (Å²) in [6.45, 7) is 2.67. The maximum absolute atomic E-state index is 13.8. The van der Waals surface area contributed by atoms with Crippen LogP contribution < -0.4 is 11.1 Å². The van der Waals surface area contributed by atoms with Gasteiger partial charge in [0.2, 0.25) is 6.10 Å². The van der Waals surface area contributed by atoms with Gasteiger partial charge in [-0.3, -0.25) is 4.79 Å². The summed E-state index contributed by atoms with van der Waals surface area (Å²) in [4.78, 5) is 40.0. The number of nitrogens with two attached hydrogens (primary N) is 1. The Hall–Kier alpha value is -4.04. The van der Waals surface area contributed by atoms with Gasteiger partial charge in [0, 0.05) is 6.54 Å². The fraction of sp³-hybridized carbons (Fsp3) is 0.385. The van der Waals surface area contributed by atoms with E-state index in [-0.39, 0.29) is 12.1 Å². The molecule has 37 heavy (non-hydrogen) atoms. The molecule has 2 saturated heterocycles. The van der Waals surface area contributed by atoms with Crippen molar-refractivity contribution in [2.75, 3.05) is 26.2 Å². The second-order valence-electron chi connectivity index (χ2n) is 9.10. The van der Waals surface area contributed by atoms with Gasteiger partial charge in [-0.25, -0.2) is 23.3 Å². The van der Waals surface area contributed by atoms with Crippen LogP contribution in [-0.2, 0) is 9.53 Å². The second-order valence-corrected chi connectivity index (χ2v) is 9.10. The first-order chi connectivity index (χ1) is 17.8. The van der Waals surface area contributed by atoms with Crippen LogP contribution in [0.25, 0.3) is 0 Å². The summed E-state index contributed by atoms with van der Waals surface area (Å²) in [5, 5.41) is 12.0. The van der Waals surface area contributed by atoms with Crippen LogP contribution in [0.5, 0.6) is 0 Å². The number of nitriles is 1. The summed E-state index contributed by atoms with van der Waals surface area (Å²) in [7, 11) is 0. The number of rotatable bonds is 7. The Morgan fingerprint density at radius 1 is 1.14 bits per heavy atom. The van der Waals surface area contributed by atoms with Crippen LogP contribution in [-0.4, -0.2) is 60.1 Å². The quantitative estimate of drug-likeness (QED) is 0.550. The first-order valence-electron chi connectivity index (χ1n) is 12.0. The minimum Gasteiger partial charge on any atom is -0.433 e. The normalized spacial score (nSPS) is 20.4. The lowest BCUT2D eigenvalue weighted by molar-refractivity contribution is -0.125. The molecule has 0 bridgehead atoms. The molecule has 4 rings (SSSR count). The Morgan fingerprint density at radius 3 is 2.54 bits per heavy atom. The van der Waals surface area contributed by atoms with Crippen LogP contribution in [0.3, 0.4) is 0 Å². The van der Waals surface area contributed by atoms with Gasteiger partial charge in [0.25, 0.3) is 5.91 Å². The van der Waals surface area contributed by atoms with E-state index in [2.05, 4.69) is 16.3 Å². The number of halogens is 2. The van der Waals surface area contributed by atoms with Gasteiger partial charge >= 0.3 is 12.1 Å². The summed E-state index contributed by atoms with van der Waals surface area (Å²) >= 11 is 0. The molecule has 2 aromatic rings. The number of ether oxygens (including phenoxy) is 1. The van der Waals surface area contributed by atoms with Crippen LogP contribution in [0.1, 0.15) is 47.9 Å². The molecule has 0 radical (unpaired) electrons. The Labute approximate surface area is 212 Å². The third-order valence-electron chi connectivity index (χ3n) is 6.81. The Bertz CT molecular complexity index is 1230. The third kappa shape index (κ3) is 5.70. The predicted octanol–water partition coefficient (Wildman–Crippen LogP) is 3.16. The largest absolute Gasteiger partial charge is 0.433 e. The molecule has 0 aliphatic carbocycles. The van der Waals surface area contributed by atoms with Crippen molar-refractivity contribution in [2.45, 2.75) is 37.3 Å². The number of hydrogen-bond acceptors (Lipinski definition) is 6. The molecule has 11 heteroatoms. The maximum Gasteiger partial charge on any atom is 0.419 e. The maximum atomic E-state index is 13.8. The third-order valence-corrected chi connectivity index (χ3v) is 6.81. The minimum absolute atomic E-state index is 0.00421. The lowest BCUT2D eigenvalue weighted by atomic mass is 9.87. The molecule has 2 atom stereocenters. The SMILES string of the molecule is N#Cc1ccccc1C1CCN(CCCNC(=O)N2C(=O)O[C@@H](C(N)=O)[C@@H]2c2ccc(F)c(F)c2)CC1. The molecule has 0 spiro atoms. The zero-order valence-electron chi connectivity index (χ0n) is 20.0. The van der Waals surface area contributed by atoms with Gasteiger partial charge in [0.15, 0.2) is 11.6 Å². The Morgan fingerprint density at radius 2 is 1.86 bits per heavy atom. The Kier molecular flexibility index (Phi) is 7.98. The molecule has 2 aliphatic heterocycles. The summed E-state index contributed by atoms with van der Waals surface area (Å²) < 4.78 is 32.2. The summed E-state index contributed by atoms with van der Waals surface area (Å²) in [5.41, 5.74) is 7.12. The van der Waals surface area contributed by atoms with Gasteiger partial charge in [0.05, 0.1) is 11.6 Å². The number of benzene rings is 2. The van der Waals surface area contributed by atoms with Gasteiger partial charge in [-0.2, -0.15) is 5.26 Å². The van der Waals surface area contributed by atoms with E-state index in [1.54, 1.807) is 0 Å². The molecule has 4 amide bonds. The topological polar surface area (TPSA) is 129 Å². The molecule has 2 aromatic carbocycles. The fourth-order valence-electron chi connectivity index (χ4n) is 4.93. The molecule has 2 fully saturated rings. The van der Waals surface area contributed by atoms with E-state index < -0.39 is 41.8 Å². The van der Waals surface area contributed by atoms with Crippen LogP contribution in [0, 0.1) is 23.0 Å². The van der Waals surface area contributed by atoms with E-state index in [9.17, 15) is 28.4 Å². The highest BCUT2D eigenvalue weighted by Gasteiger charge is 2.49. The van der Waals surface area contributed by atoms with Crippen molar-refractivity contribution in [3.8, 4) is 6.07 Å². The number of nitrogens with one attached hydrogen (secondary N) is 1. The van der Waals surface area contributed by atoms with Crippen LogP contribution >= 0.6 is 0 Å². The molecule has 0 saturated carbocycles. The second kappa shape index (κ2) is 11.3. The number of carbonyl (C=O) groups excluding carboxylic acids is 3. The summed E-state index contributed by atoms with van der Waals surface area (Å²) in [5.74, 6) is -2.99. The highest BCUT2D eigenvalue weighted by molar-refractivity contribution is 5.96. The molecular formula is C26H27F2N5O4. The number of nitrogens with zero attached hydrogens (tertiary/aromatic N) is 3. The van der Waals surface area contributed by atoms with Crippen molar-refractivity contribution in [3.05, 3.63) is 70.8 Å². The average molecular weight is 512 g/mol. The number of imide groups is 1. The van der Waals surface area contributed by atoms with Crippen molar-refractivity contribution in [1.29, 1.82) is 5.26 Å². The van der Waals surface area contributed by atoms with Crippen LogP contribution in [0.2, 0.25) is 0 Å². The first kappa shape index (κ1) is 26.0. The number of likely N-dealkylation sites (tertiary alicyclic amines) is 1. The van der Waals surface area contributed by atoms with Crippen LogP contribution in [0.15, 0.2) is 42.5 Å². The van der Waals surface area contributed by atoms with Crippen molar-refractivity contribution in [3.63, 3.8) is 0 Å². The van der Waals surface area contributed by atoms with Crippen molar-refractivity contribution in [1.82, 2.24) is 15.1 Å². The van der Waals surface area contributed by atoms with Crippen molar-refractivity contribution in [2.24, 2.45) is 5.73 Å². The first-order valence-corrected chi connectivity index (χ1v) is 12.0. The van der Waals surface area contributed by atoms with Gasteiger partial charge in [-0.1, -0.05) is 24.3 Å². The number of hydrogen-bond donors (Lipinski definition) is 2. The van der Waals surface area contributed by atoms with Crippen LogP contribution in [0.4, 0.5) is 18.4 Å². The minimum atomic E-state index is -1.53. The average Bonchev–Trinajstić information content (AvgIpc) is 3.26. The molecule has 2 heterocycles. The smallest absolute Gasteiger partial charge is 0.419 e. The predicted molar refractivity (Wildman–Crippen MR) is 128 cm³/mol. The lowest BCUT2D eigenvalue weighted by Crippen LogP contribution is -2.45. The van der Waals surface area contributed by atoms with Crippen molar-refractivity contribution < 1.29 is 27.9 Å². The number of amides is 4. The number of carbonyl (C=O) groups is 3. The van der Waals surface area contributed by atoms with E-state index in [0.717, 1.165) is 43.6 Å². The van der Waals surface area contributed by atoms with Gasteiger partial charge < -0.3 is 20.7 Å². The van der Waals surface area contributed by atoms with Gasteiger partial charge in [0.1, 0.15) is 6.04 Å². The molecule has 0 aromatic heterocycles. The molecule has 194 valence electrons. The van der Waals surface area contributed by atoms with E-state index in [1.807, 2.05) is 24.3 Å². The van der Waals surface area contributed by atoms with Crippen molar-refractivity contribution >= 4 is 18.0 Å². The molecule has 3 N–H and O–H groups in total. The molecule has 2 aliphatic rings. The zero-order valence-corrected chi connectivity index (χ0v) is 20.0. The monoisotopic (exact) mass is 511 g/mol. The lowest BCUT2D eigenvalue weighted by Gasteiger charge is -2.32. The molecular weight excluding hydrogens is 484 g/mol. The van der Waals surface area contributed by atoms with E-state index in [4.69, 9.17) is 10.5 Å². The highest BCUT2D eigenvalue weighted by Crippen LogP contribution is 2.34. The standard InChI is InChI=1S/C26H27F2N5O4/c27-20-7-6-17(14-21(20)28)22-23(24(30)34)37-26(36)33(22)25(35)31-10-3-11-32-12-8-16(9-13-32)19-5-2-1-4-18(19)15-29/h1-2,4-7,14,16,22-23H,3,8-13H2,(H2,30,34)(H,31,35)/t22-,23+/m0/s1. The molecule has 9 nitrogen and oxygen atoms in total. The number of urea groups is 1. The summed E-state index contributed by atoms with van der Waals surface area (Å²) in [6, 6.07) is 10.6. The molecule has 0 unspecified atom stereocenters. The summed E-state index contributed by atoms with van der Waals surface area (Å²) in [6.07, 6.45) is -0.181. The number of cyclic esters (lactones) is 1. The fourth-order valence-corrected chi connectivity index (χ4v) is 4.93. The van der Waals surface area contributed by atoms with E-state index in [1.165, 1.54) is 6.07 Å². The van der Waals surface area contributed by atoms with E-state index >= 15 is 0 Å².